The third-order valence-corrected chi connectivity index (χ3v) is 2.12. The molecule has 0 radical (unpaired) electrons. The van der Waals surface area contributed by atoms with Gasteiger partial charge in [0.15, 0.2) is 0 Å². The molecule has 0 spiro atoms. The van der Waals surface area contributed by atoms with E-state index >= 15 is 0 Å². The number of ether oxygens (including phenoxy) is 1. The molecular weight excluding hydrogens is 241 g/mol. The Balaban J connectivity index is 5.05. The molecule has 0 fully saturated rings. The summed E-state index contributed by atoms with van der Waals surface area (Å²) in [6.45, 7) is 9.43. The van der Waals surface area contributed by atoms with E-state index in [2.05, 4.69) is 11.6 Å². The lowest BCUT2D eigenvalue weighted by Crippen LogP contribution is -2.06. The molecule has 0 unspecified atom stereocenters. The quantitative estimate of drug-likeness (QED) is 0.368. The molecule has 0 aliphatic heterocycles. The second-order valence-electron chi connectivity index (χ2n) is 3.27. The van der Waals surface area contributed by atoms with Crippen LogP contribution in [0.1, 0.15) is 33.6 Å². The molecule has 0 aromatic heterocycles. The number of rotatable bonds is 7. The van der Waals surface area contributed by atoms with Gasteiger partial charge in [0.25, 0.3) is 0 Å². The molecule has 0 aromatic rings. The summed E-state index contributed by atoms with van der Waals surface area (Å²) in [5.41, 5.74) is 0.0479. The Hall–Kier alpha value is -1.09. The average molecular weight is 260 g/mol. The molecule has 0 atom stereocenters. The highest BCUT2D eigenvalue weighted by Gasteiger charge is 2.11. The third kappa shape index (κ3) is 6.27. The van der Waals surface area contributed by atoms with E-state index < -0.39 is 5.83 Å². The summed E-state index contributed by atoms with van der Waals surface area (Å²) in [4.78, 5) is 3.98. The van der Waals surface area contributed by atoms with Gasteiger partial charge in [-0.05, 0) is 32.4 Å². The van der Waals surface area contributed by atoms with Crippen molar-refractivity contribution < 1.29 is 9.13 Å². The average Bonchev–Trinajstić information content (AvgIpc) is 2.32. The van der Waals surface area contributed by atoms with Crippen molar-refractivity contribution in [3.8, 4) is 0 Å². The van der Waals surface area contributed by atoms with E-state index in [1.165, 1.54) is 6.08 Å². The third-order valence-electron chi connectivity index (χ3n) is 1.88. The molecule has 0 rings (SSSR count). The number of halogens is 2. The van der Waals surface area contributed by atoms with Crippen LogP contribution in [0.15, 0.2) is 40.5 Å². The fourth-order valence-corrected chi connectivity index (χ4v) is 1.24. The van der Waals surface area contributed by atoms with Crippen LogP contribution in [0.25, 0.3) is 0 Å². The molecule has 0 aromatic carbocycles. The van der Waals surface area contributed by atoms with Crippen LogP contribution in [0.4, 0.5) is 4.39 Å². The van der Waals surface area contributed by atoms with Gasteiger partial charge in [0.05, 0.1) is 6.61 Å². The van der Waals surface area contributed by atoms with Crippen LogP contribution >= 0.6 is 11.6 Å². The number of allylic oxidation sites excluding steroid dienone is 3. The van der Waals surface area contributed by atoms with Crippen LogP contribution in [0.3, 0.4) is 0 Å². The smallest absolute Gasteiger partial charge is 0.148 e. The van der Waals surface area contributed by atoms with Crippen molar-refractivity contribution in [2.24, 2.45) is 4.99 Å². The number of unbranched alkanes of at least 4 members (excludes halogenated alkanes) is 1. The second-order valence-corrected chi connectivity index (χ2v) is 3.66. The zero-order valence-corrected chi connectivity index (χ0v) is 11.4. The fraction of sp³-hybridized carbons (Fsp3) is 0.462. The van der Waals surface area contributed by atoms with Gasteiger partial charge in [-0.2, -0.15) is 0 Å². The molecule has 4 heteroatoms. The zero-order chi connectivity index (χ0) is 13.3. The molecule has 0 bridgehead atoms. The lowest BCUT2D eigenvalue weighted by atomic mass is 10.2. The predicted octanol–water partition coefficient (Wildman–Crippen LogP) is 4.73. The molecule has 0 saturated heterocycles. The highest BCUT2D eigenvalue weighted by Crippen LogP contribution is 2.15. The minimum Gasteiger partial charge on any atom is -0.492 e. The molecule has 2 nitrogen and oxygen atoms in total. The van der Waals surface area contributed by atoms with E-state index in [0.29, 0.717) is 6.61 Å². The molecule has 0 saturated carbocycles. The summed E-state index contributed by atoms with van der Waals surface area (Å²) in [7, 11) is 0. The summed E-state index contributed by atoms with van der Waals surface area (Å²) in [5.74, 6) is -0.308. The van der Waals surface area contributed by atoms with Gasteiger partial charge in [-0.25, -0.2) is 9.38 Å². The predicted molar refractivity (Wildman–Crippen MR) is 71.9 cm³/mol. The van der Waals surface area contributed by atoms with Crippen LogP contribution in [0.5, 0.6) is 0 Å². The first-order valence-electron chi connectivity index (χ1n) is 5.65. The Kier molecular flexibility index (Phi) is 8.42. The number of hydrogen-bond acceptors (Lipinski definition) is 2. The Labute approximate surface area is 108 Å². The molecule has 0 aliphatic rings. The summed E-state index contributed by atoms with van der Waals surface area (Å²) >= 11 is 5.88. The first kappa shape index (κ1) is 15.9. The Morgan fingerprint density at radius 2 is 2.12 bits per heavy atom. The Morgan fingerprint density at radius 1 is 1.47 bits per heavy atom. The monoisotopic (exact) mass is 259 g/mol. The van der Waals surface area contributed by atoms with Gasteiger partial charge in [0.1, 0.15) is 22.5 Å². The minimum atomic E-state index is -0.494. The molecule has 0 aliphatic carbocycles. The molecular formula is C13H19ClFNO. The highest BCUT2D eigenvalue weighted by molar-refractivity contribution is 6.30. The van der Waals surface area contributed by atoms with Crippen LogP contribution in [0.2, 0.25) is 0 Å². The number of hydrogen-bond donors (Lipinski definition) is 0. The molecule has 17 heavy (non-hydrogen) atoms. The van der Waals surface area contributed by atoms with Crippen molar-refractivity contribution in [3.63, 3.8) is 0 Å². The maximum absolute atomic E-state index is 13.6. The maximum Gasteiger partial charge on any atom is 0.148 e. The van der Waals surface area contributed by atoms with E-state index in [1.807, 2.05) is 6.92 Å². The van der Waals surface area contributed by atoms with Crippen molar-refractivity contribution in [1.29, 1.82) is 0 Å². The van der Waals surface area contributed by atoms with Crippen LogP contribution < -0.4 is 0 Å². The molecule has 0 N–H and O–H groups in total. The van der Waals surface area contributed by atoms with Crippen LogP contribution in [-0.4, -0.2) is 12.3 Å². The van der Waals surface area contributed by atoms with E-state index in [0.717, 1.165) is 12.8 Å². The minimum absolute atomic E-state index is 0.0479. The lowest BCUT2D eigenvalue weighted by molar-refractivity contribution is 0.250. The van der Waals surface area contributed by atoms with Gasteiger partial charge < -0.3 is 4.74 Å². The largest absolute Gasteiger partial charge is 0.492 e. The van der Waals surface area contributed by atoms with Crippen molar-refractivity contribution in [2.75, 3.05) is 6.61 Å². The number of nitrogens with zero attached hydrogens (tertiary/aromatic N) is 1. The molecule has 96 valence electrons. The molecule has 0 heterocycles. The van der Waals surface area contributed by atoms with Crippen molar-refractivity contribution in [3.05, 3.63) is 35.5 Å². The van der Waals surface area contributed by atoms with E-state index in [4.69, 9.17) is 16.3 Å². The summed E-state index contributed by atoms with van der Waals surface area (Å²) in [6.07, 6.45) is 4.80. The second kappa shape index (κ2) is 8.99. The van der Waals surface area contributed by atoms with E-state index in [9.17, 15) is 4.39 Å². The van der Waals surface area contributed by atoms with Gasteiger partial charge in [-0.15, -0.1) is 0 Å². The Bertz CT molecular complexity index is 345. The first-order chi connectivity index (χ1) is 8.06. The van der Waals surface area contributed by atoms with E-state index in [-0.39, 0.29) is 16.6 Å². The Morgan fingerprint density at radius 3 is 2.59 bits per heavy atom. The maximum atomic E-state index is 13.6. The van der Waals surface area contributed by atoms with Crippen LogP contribution in [0, 0.1) is 0 Å². The lowest BCUT2D eigenvalue weighted by Gasteiger charge is -2.08. The summed E-state index contributed by atoms with van der Waals surface area (Å²) in [5, 5.41) is 0.250. The van der Waals surface area contributed by atoms with Crippen LogP contribution in [-0.2, 0) is 4.74 Å². The van der Waals surface area contributed by atoms with Gasteiger partial charge in [0, 0.05) is 0 Å². The van der Waals surface area contributed by atoms with Gasteiger partial charge in [-0.3, -0.25) is 0 Å². The SMILES string of the molecule is C=C(OCC)C(=N\C(Cl)=C\CCC)/C(F)=C\C. The van der Waals surface area contributed by atoms with Gasteiger partial charge in [0.2, 0.25) is 0 Å². The first-order valence-corrected chi connectivity index (χ1v) is 6.03. The van der Waals surface area contributed by atoms with Gasteiger partial charge in [-0.1, -0.05) is 31.5 Å². The zero-order valence-electron chi connectivity index (χ0n) is 10.6. The normalized spacial score (nSPS) is 13.8. The van der Waals surface area contributed by atoms with Crippen molar-refractivity contribution in [2.45, 2.75) is 33.6 Å². The number of aliphatic imine (C=N–C) groups is 1. The standard InChI is InChI=1S/C13H19ClFNO/c1-5-8-9-12(14)16-13(11(15)6-2)10(4)17-7-3/h6,9H,4-5,7-8H2,1-3H3/b11-6+,12-9+,16-13+. The van der Waals surface area contributed by atoms with Gasteiger partial charge >= 0.3 is 0 Å². The van der Waals surface area contributed by atoms with E-state index in [1.54, 1.807) is 19.9 Å². The fourth-order valence-electron chi connectivity index (χ4n) is 1.04. The molecule has 0 amide bonds. The topological polar surface area (TPSA) is 21.6 Å². The summed E-state index contributed by atoms with van der Waals surface area (Å²) < 4.78 is 18.7. The van der Waals surface area contributed by atoms with Crippen molar-refractivity contribution in [1.82, 2.24) is 0 Å². The van der Waals surface area contributed by atoms with Crippen molar-refractivity contribution >= 4 is 17.3 Å². The highest BCUT2D eigenvalue weighted by atomic mass is 35.5. The summed E-state index contributed by atoms with van der Waals surface area (Å²) in [6, 6.07) is 0.